The van der Waals surface area contributed by atoms with Crippen LogP contribution in [0.25, 0.3) is 10.3 Å². The summed E-state index contributed by atoms with van der Waals surface area (Å²) in [6.07, 6.45) is 2.75. The molecule has 0 spiro atoms. The summed E-state index contributed by atoms with van der Waals surface area (Å²) in [6.45, 7) is 4.40. The van der Waals surface area contributed by atoms with E-state index in [2.05, 4.69) is 48.8 Å². The second kappa shape index (κ2) is 11.2. The molecule has 0 saturated carbocycles. The molecule has 4 aromatic rings. The van der Waals surface area contributed by atoms with Crippen LogP contribution in [0.3, 0.4) is 0 Å². The number of benzene rings is 1. The first-order valence-corrected chi connectivity index (χ1v) is 13.5. The molecule has 0 saturated heterocycles. The summed E-state index contributed by atoms with van der Waals surface area (Å²) in [5.74, 6) is 2.06. The minimum atomic E-state index is -0.0447. The summed E-state index contributed by atoms with van der Waals surface area (Å²) in [5.41, 5.74) is 1.98. The molecule has 0 aliphatic heterocycles. The Hall–Kier alpha value is -2.00. The molecule has 168 valence electrons. The van der Waals surface area contributed by atoms with Gasteiger partial charge in [-0.2, -0.15) is 0 Å². The lowest BCUT2D eigenvalue weighted by molar-refractivity contribution is 0.259. The normalized spacial score (nSPS) is 12.5. The highest BCUT2D eigenvalue weighted by Crippen LogP contribution is 2.32. The van der Waals surface area contributed by atoms with Gasteiger partial charge in [-0.25, -0.2) is 15.0 Å². The van der Waals surface area contributed by atoms with Gasteiger partial charge in [-0.3, -0.25) is 0 Å². The van der Waals surface area contributed by atoms with Crippen molar-refractivity contribution in [3.05, 3.63) is 63.3 Å². The molecule has 0 fully saturated rings. The van der Waals surface area contributed by atoms with Crippen LogP contribution in [0.5, 0.6) is 0 Å². The number of aliphatic hydroxyl groups excluding tert-OH is 1. The van der Waals surface area contributed by atoms with Crippen LogP contribution in [0.4, 0.5) is 5.82 Å². The smallest absolute Gasteiger partial charge is 0.191 e. The van der Waals surface area contributed by atoms with Crippen molar-refractivity contribution in [3.63, 3.8) is 0 Å². The Kier molecular flexibility index (Phi) is 8.13. The third kappa shape index (κ3) is 6.28. The first kappa shape index (κ1) is 23.2. The van der Waals surface area contributed by atoms with E-state index in [1.54, 1.807) is 34.4 Å². The van der Waals surface area contributed by atoms with Crippen molar-refractivity contribution < 1.29 is 5.11 Å². The van der Waals surface area contributed by atoms with Gasteiger partial charge in [-0.05, 0) is 35.8 Å². The fraction of sp³-hybridized carbons (Fsp3) is 0.375. The molecule has 0 bridgehead atoms. The van der Waals surface area contributed by atoms with Crippen molar-refractivity contribution in [2.24, 2.45) is 5.92 Å². The van der Waals surface area contributed by atoms with Crippen molar-refractivity contribution in [3.8, 4) is 0 Å². The number of rotatable bonds is 11. The Morgan fingerprint density at radius 1 is 1.03 bits per heavy atom. The summed E-state index contributed by atoms with van der Waals surface area (Å²) in [5, 5.41) is 17.3. The number of nitrogens with zero attached hydrogens (tertiary/aromatic N) is 3. The number of fused-ring (bicyclic) bond motifs is 1. The van der Waals surface area contributed by atoms with Crippen LogP contribution in [0.15, 0.2) is 53.0 Å². The number of thioether (sulfide) groups is 1. The summed E-state index contributed by atoms with van der Waals surface area (Å²) >= 11 is 5.05. The lowest BCUT2D eigenvalue weighted by Crippen LogP contribution is -2.26. The molecule has 0 aliphatic rings. The van der Waals surface area contributed by atoms with E-state index in [0.717, 1.165) is 46.2 Å². The molecule has 3 heterocycles. The van der Waals surface area contributed by atoms with Gasteiger partial charge in [0.15, 0.2) is 16.6 Å². The van der Waals surface area contributed by atoms with Gasteiger partial charge in [0.05, 0.1) is 17.7 Å². The minimum Gasteiger partial charge on any atom is -0.394 e. The van der Waals surface area contributed by atoms with Crippen LogP contribution >= 0.6 is 34.4 Å². The van der Waals surface area contributed by atoms with E-state index < -0.39 is 0 Å². The second-order valence-electron chi connectivity index (χ2n) is 8.12. The number of aromatic nitrogens is 3. The third-order valence-corrected chi connectivity index (χ3v) is 7.94. The maximum Gasteiger partial charge on any atom is 0.191 e. The van der Waals surface area contributed by atoms with Gasteiger partial charge < -0.3 is 10.4 Å². The van der Waals surface area contributed by atoms with Crippen molar-refractivity contribution in [1.29, 1.82) is 0 Å². The molecule has 0 aliphatic carbocycles. The van der Waals surface area contributed by atoms with Crippen molar-refractivity contribution in [2.75, 3.05) is 11.9 Å². The molecule has 3 aromatic heterocycles. The number of aryl methyl sites for hydroxylation is 2. The van der Waals surface area contributed by atoms with Crippen molar-refractivity contribution in [1.82, 2.24) is 15.0 Å². The summed E-state index contributed by atoms with van der Waals surface area (Å²) in [4.78, 5) is 15.8. The summed E-state index contributed by atoms with van der Waals surface area (Å²) in [6, 6.07) is 14.6. The van der Waals surface area contributed by atoms with Gasteiger partial charge in [0.1, 0.15) is 4.70 Å². The van der Waals surface area contributed by atoms with Crippen LogP contribution in [-0.4, -0.2) is 32.7 Å². The Labute approximate surface area is 201 Å². The van der Waals surface area contributed by atoms with Gasteiger partial charge in [-0.15, -0.1) is 22.7 Å². The molecule has 32 heavy (non-hydrogen) atoms. The topological polar surface area (TPSA) is 70.9 Å². The number of hydrogen-bond acceptors (Lipinski definition) is 8. The molecule has 2 N–H and O–H groups in total. The van der Waals surface area contributed by atoms with Crippen LogP contribution < -0.4 is 5.32 Å². The number of anilines is 1. The highest BCUT2D eigenvalue weighted by atomic mass is 32.2. The van der Waals surface area contributed by atoms with Gasteiger partial charge in [-0.1, -0.05) is 62.0 Å². The van der Waals surface area contributed by atoms with Gasteiger partial charge in [0, 0.05) is 17.1 Å². The Morgan fingerprint density at radius 3 is 2.59 bits per heavy atom. The maximum atomic E-state index is 9.90. The predicted molar refractivity (Wildman–Crippen MR) is 137 cm³/mol. The fourth-order valence-electron chi connectivity index (χ4n) is 3.47. The minimum absolute atomic E-state index is 0.0447. The quantitative estimate of drug-likeness (QED) is 0.200. The molecule has 4 rings (SSSR count). The zero-order valence-corrected chi connectivity index (χ0v) is 20.8. The molecular weight excluding hydrogens is 456 g/mol. The summed E-state index contributed by atoms with van der Waals surface area (Å²) < 4.78 is 0.970. The first-order valence-electron chi connectivity index (χ1n) is 10.8. The number of thiazole rings is 1. The Bertz CT molecular complexity index is 1110. The van der Waals surface area contributed by atoms with Crippen molar-refractivity contribution in [2.45, 2.75) is 50.1 Å². The monoisotopic (exact) mass is 484 g/mol. The highest BCUT2D eigenvalue weighted by molar-refractivity contribution is 7.98. The fourth-order valence-corrected chi connectivity index (χ4v) is 5.92. The van der Waals surface area contributed by atoms with Crippen LogP contribution in [0.2, 0.25) is 0 Å². The first-order chi connectivity index (χ1) is 15.6. The largest absolute Gasteiger partial charge is 0.394 e. The zero-order chi connectivity index (χ0) is 22.3. The van der Waals surface area contributed by atoms with Crippen LogP contribution in [-0.2, 0) is 18.6 Å². The van der Waals surface area contributed by atoms with E-state index in [9.17, 15) is 5.11 Å². The molecule has 5 nitrogen and oxygen atoms in total. The maximum absolute atomic E-state index is 9.90. The zero-order valence-electron chi connectivity index (χ0n) is 18.3. The molecule has 0 amide bonds. The van der Waals surface area contributed by atoms with Gasteiger partial charge in [0.25, 0.3) is 0 Å². The van der Waals surface area contributed by atoms with E-state index in [-0.39, 0.29) is 12.6 Å². The number of thiophene rings is 1. The second-order valence-corrected chi connectivity index (χ2v) is 11.2. The molecule has 0 radical (unpaired) electrons. The summed E-state index contributed by atoms with van der Waals surface area (Å²) in [7, 11) is 0. The standard InChI is InChI=1S/C24H28N4OS3/c1-16(2)13-18(14-29)25-22-21-23(26-20(32-21)11-10-19-9-6-12-30-19)28-24(27-22)31-15-17-7-4-3-5-8-17/h3-9,12,16,18,29H,10-11,13-15H2,1-2H3,(H,25,27,28)/t18-/m1/s1. The Morgan fingerprint density at radius 2 is 1.88 bits per heavy atom. The van der Waals surface area contributed by atoms with Gasteiger partial charge >= 0.3 is 0 Å². The molecule has 0 unspecified atom stereocenters. The molecule has 1 atom stereocenters. The van der Waals surface area contributed by atoms with Crippen LogP contribution in [0, 0.1) is 5.92 Å². The van der Waals surface area contributed by atoms with E-state index in [1.165, 1.54) is 10.4 Å². The third-order valence-electron chi connectivity index (χ3n) is 4.97. The van der Waals surface area contributed by atoms with Crippen molar-refractivity contribution >= 4 is 50.6 Å². The lowest BCUT2D eigenvalue weighted by atomic mass is 10.0. The number of nitrogens with one attached hydrogen (secondary N) is 1. The average Bonchev–Trinajstić information content (AvgIpc) is 3.46. The average molecular weight is 485 g/mol. The lowest BCUT2D eigenvalue weighted by Gasteiger charge is -2.19. The molecule has 8 heteroatoms. The predicted octanol–water partition coefficient (Wildman–Crippen LogP) is 6.04. The number of aliphatic hydroxyl groups is 1. The number of hydrogen-bond donors (Lipinski definition) is 2. The van der Waals surface area contributed by atoms with E-state index in [1.807, 2.05) is 18.2 Å². The molecular formula is C24H28N4OS3. The van der Waals surface area contributed by atoms with E-state index >= 15 is 0 Å². The van der Waals surface area contributed by atoms with Gasteiger partial charge in [0.2, 0.25) is 0 Å². The van der Waals surface area contributed by atoms with E-state index in [4.69, 9.17) is 15.0 Å². The Balaban J connectivity index is 1.59. The van der Waals surface area contributed by atoms with Crippen LogP contribution in [0.1, 0.15) is 35.7 Å². The highest BCUT2D eigenvalue weighted by Gasteiger charge is 2.18. The van der Waals surface area contributed by atoms with E-state index in [0.29, 0.717) is 11.1 Å². The molecule has 1 aromatic carbocycles. The SMILES string of the molecule is CC(C)C[C@H](CO)Nc1nc(SCc2ccccc2)nc2nc(CCc3cccs3)sc12.